The Kier molecular flexibility index (Phi) is 2.66. The van der Waals surface area contributed by atoms with Crippen molar-refractivity contribution >= 4 is 0 Å². The lowest BCUT2D eigenvalue weighted by Gasteiger charge is -2.04. The molecule has 16 heavy (non-hydrogen) atoms. The summed E-state index contributed by atoms with van der Waals surface area (Å²) in [6, 6.07) is 5.40. The van der Waals surface area contributed by atoms with Crippen LogP contribution in [0, 0.1) is 13.8 Å². The van der Waals surface area contributed by atoms with Crippen LogP contribution in [0.5, 0.6) is 5.75 Å². The normalized spacial score (nSPS) is 10.7. The van der Waals surface area contributed by atoms with Gasteiger partial charge in [-0.1, -0.05) is 6.07 Å². The van der Waals surface area contributed by atoms with Gasteiger partial charge in [0.05, 0.1) is 12.3 Å². The minimum absolute atomic E-state index is 0.0432. The topological polar surface area (TPSA) is 58.3 Å². The van der Waals surface area contributed by atoms with Gasteiger partial charge in [0.25, 0.3) is 0 Å². The molecule has 0 aliphatic rings. The Bertz CT molecular complexity index is 518. The summed E-state index contributed by atoms with van der Waals surface area (Å²) in [5.74, 6) is 0.187. The molecule has 84 valence electrons. The molecule has 0 atom stereocenters. The van der Waals surface area contributed by atoms with Gasteiger partial charge in [0.15, 0.2) is 0 Å². The molecule has 2 N–H and O–H groups in total. The van der Waals surface area contributed by atoms with Crippen LogP contribution in [0.1, 0.15) is 16.8 Å². The summed E-state index contributed by atoms with van der Waals surface area (Å²) in [4.78, 5) is 0. The van der Waals surface area contributed by atoms with Crippen LogP contribution < -0.4 is 0 Å². The van der Waals surface area contributed by atoms with E-state index < -0.39 is 0 Å². The van der Waals surface area contributed by atoms with Gasteiger partial charge in [0, 0.05) is 11.8 Å². The van der Waals surface area contributed by atoms with Crippen LogP contribution >= 0.6 is 0 Å². The van der Waals surface area contributed by atoms with Crippen LogP contribution in [0.3, 0.4) is 0 Å². The summed E-state index contributed by atoms with van der Waals surface area (Å²) in [7, 11) is 0. The lowest BCUT2D eigenvalue weighted by Crippen LogP contribution is -1.95. The van der Waals surface area contributed by atoms with Crippen LogP contribution in [-0.4, -0.2) is 20.0 Å². The Labute approximate surface area is 93.8 Å². The average Bonchev–Trinajstić information content (AvgIpc) is 2.59. The third-order valence-corrected chi connectivity index (χ3v) is 2.55. The third-order valence-electron chi connectivity index (χ3n) is 2.55. The van der Waals surface area contributed by atoms with Gasteiger partial charge in [-0.3, -0.25) is 0 Å². The molecule has 4 nitrogen and oxygen atoms in total. The average molecular weight is 218 g/mol. The number of benzene rings is 1. The highest BCUT2D eigenvalue weighted by Gasteiger charge is 2.08. The maximum atomic E-state index is 9.79. The SMILES string of the molecule is Cc1ccc(-n2cc(CO)c(C)n2)c(O)c1. The second-order valence-corrected chi connectivity index (χ2v) is 3.83. The van der Waals surface area contributed by atoms with Crippen LogP contribution in [0.4, 0.5) is 0 Å². The van der Waals surface area contributed by atoms with Gasteiger partial charge < -0.3 is 10.2 Å². The summed E-state index contributed by atoms with van der Waals surface area (Å²) < 4.78 is 1.58. The third kappa shape index (κ3) is 1.79. The van der Waals surface area contributed by atoms with Crippen LogP contribution in [0.25, 0.3) is 5.69 Å². The van der Waals surface area contributed by atoms with E-state index in [4.69, 9.17) is 5.11 Å². The molecule has 0 bridgehead atoms. The zero-order chi connectivity index (χ0) is 11.7. The number of aromatic hydroxyl groups is 1. The van der Waals surface area contributed by atoms with E-state index in [1.807, 2.05) is 19.9 Å². The predicted molar refractivity (Wildman–Crippen MR) is 60.6 cm³/mol. The van der Waals surface area contributed by atoms with Crippen molar-refractivity contribution in [3.8, 4) is 11.4 Å². The number of aromatic nitrogens is 2. The maximum absolute atomic E-state index is 9.79. The minimum Gasteiger partial charge on any atom is -0.506 e. The molecule has 2 rings (SSSR count). The van der Waals surface area contributed by atoms with Crippen molar-refractivity contribution < 1.29 is 10.2 Å². The second-order valence-electron chi connectivity index (χ2n) is 3.83. The van der Waals surface area contributed by atoms with Gasteiger partial charge >= 0.3 is 0 Å². The van der Waals surface area contributed by atoms with E-state index in [0.717, 1.165) is 16.8 Å². The van der Waals surface area contributed by atoms with Crippen molar-refractivity contribution in [2.75, 3.05) is 0 Å². The first kappa shape index (κ1) is 10.7. The molecule has 0 radical (unpaired) electrons. The summed E-state index contributed by atoms with van der Waals surface area (Å²) in [5, 5.41) is 23.1. The van der Waals surface area contributed by atoms with E-state index in [1.54, 1.807) is 23.0 Å². The lowest BCUT2D eigenvalue weighted by atomic mass is 10.2. The van der Waals surface area contributed by atoms with Crippen molar-refractivity contribution in [3.63, 3.8) is 0 Å². The number of rotatable bonds is 2. The van der Waals surface area contributed by atoms with Crippen molar-refractivity contribution in [2.45, 2.75) is 20.5 Å². The van der Waals surface area contributed by atoms with Crippen molar-refractivity contribution in [1.82, 2.24) is 9.78 Å². The van der Waals surface area contributed by atoms with Gasteiger partial charge in [0.1, 0.15) is 11.4 Å². The molecule has 4 heteroatoms. The molecule has 0 fully saturated rings. The Morgan fingerprint density at radius 1 is 1.31 bits per heavy atom. The quantitative estimate of drug-likeness (QED) is 0.806. The van der Waals surface area contributed by atoms with E-state index in [2.05, 4.69) is 5.10 Å². The summed E-state index contributed by atoms with van der Waals surface area (Å²) in [6.07, 6.45) is 1.72. The van der Waals surface area contributed by atoms with E-state index in [-0.39, 0.29) is 12.4 Å². The minimum atomic E-state index is -0.0432. The van der Waals surface area contributed by atoms with Crippen molar-refractivity contribution in [3.05, 3.63) is 41.2 Å². The fourth-order valence-electron chi connectivity index (χ4n) is 1.60. The molecule has 0 unspecified atom stereocenters. The number of aliphatic hydroxyl groups excluding tert-OH is 1. The van der Waals surface area contributed by atoms with Gasteiger partial charge in [0.2, 0.25) is 0 Å². The summed E-state index contributed by atoms with van der Waals surface area (Å²) in [5.41, 5.74) is 3.14. The zero-order valence-electron chi connectivity index (χ0n) is 9.31. The molecule has 0 spiro atoms. The first-order chi connectivity index (χ1) is 7.61. The number of phenols is 1. The summed E-state index contributed by atoms with van der Waals surface area (Å²) in [6.45, 7) is 3.70. The first-order valence-electron chi connectivity index (χ1n) is 5.08. The highest BCUT2D eigenvalue weighted by Crippen LogP contribution is 2.23. The molecule has 0 saturated heterocycles. The Hall–Kier alpha value is -1.81. The number of aryl methyl sites for hydroxylation is 2. The van der Waals surface area contributed by atoms with Gasteiger partial charge in [-0.25, -0.2) is 4.68 Å². The Morgan fingerprint density at radius 3 is 2.62 bits per heavy atom. The van der Waals surface area contributed by atoms with Crippen LogP contribution in [-0.2, 0) is 6.61 Å². The van der Waals surface area contributed by atoms with Crippen LogP contribution in [0.15, 0.2) is 24.4 Å². The van der Waals surface area contributed by atoms with Crippen LogP contribution in [0.2, 0.25) is 0 Å². The highest BCUT2D eigenvalue weighted by molar-refractivity contribution is 5.47. The van der Waals surface area contributed by atoms with Gasteiger partial charge in [-0.05, 0) is 31.5 Å². The molecular formula is C12H14N2O2. The largest absolute Gasteiger partial charge is 0.506 e. The fraction of sp³-hybridized carbons (Fsp3) is 0.250. The molecule has 0 aliphatic carbocycles. The highest BCUT2D eigenvalue weighted by atomic mass is 16.3. The Morgan fingerprint density at radius 2 is 2.06 bits per heavy atom. The smallest absolute Gasteiger partial charge is 0.141 e. The molecule has 1 heterocycles. The lowest BCUT2D eigenvalue weighted by molar-refractivity contribution is 0.281. The number of hydrogen-bond donors (Lipinski definition) is 2. The van der Waals surface area contributed by atoms with E-state index >= 15 is 0 Å². The maximum Gasteiger partial charge on any atom is 0.141 e. The fourth-order valence-corrected chi connectivity index (χ4v) is 1.60. The number of aliphatic hydroxyl groups is 1. The van der Waals surface area contributed by atoms with Gasteiger partial charge in [-0.2, -0.15) is 5.10 Å². The van der Waals surface area contributed by atoms with E-state index in [0.29, 0.717) is 5.69 Å². The molecule has 0 aliphatic heterocycles. The predicted octanol–water partition coefficient (Wildman–Crippen LogP) is 1.69. The molecule has 0 saturated carbocycles. The zero-order valence-corrected chi connectivity index (χ0v) is 9.31. The molecule has 2 aromatic rings. The second kappa shape index (κ2) is 3.98. The molecule has 0 amide bonds. The van der Waals surface area contributed by atoms with Crippen molar-refractivity contribution in [2.24, 2.45) is 0 Å². The van der Waals surface area contributed by atoms with Crippen molar-refractivity contribution in [1.29, 1.82) is 0 Å². The summed E-state index contributed by atoms with van der Waals surface area (Å²) >= 11 is 0. The number of hydrogen-bond acceptors (Lipinski definition) is 3. The van der Waals surface area contributed by atoms with E-state index in [9.17, 15) is 5.11 Å². The van der Waals surface area contributed by atoms with E-state index in [1.165, 1.54) is 0 Å². The first-order valence-corrected chi connectivity index (χ1v) is 5.08. The standard InChI is InChI=1S/C12H14N2O2/c1-8-3-4-11(12(16)5-8)14-6-10(7-15)9(2)13-14/h3-6,15-16H,7H2,1-2H3. The Balaban J connectivity index is 2.50. The molecule has 1 aromatic carbocycles. The van der Waals surface area contributed by atoms with Gasteiger partial charge in [-0.15, -0.1) is 0 Å². The molecule has 1 aromatic heterocycles. The number of nitrogens with zero attached hydrogens (tertiary/aromatic N) is 2. The number of phenolic OH excluding ortho intramolecular Hbond substituents is 1. The molecular weight excluding hydrogens is 204 g/mol. The monoisotopic (exact) mass is 218 g/mol.